The second-order valence-electron chi connectivity index (χ2n) is 9.57. The van der Waals surface area contributed by atoms with Crippen LogP contribution in [0.5, 0.6) is 5.88 Å². The molecule has 0 bridgehead atoms. The number of carbonyl (C=O) groups excluding carboxylic acids is 1. The number of aromatic nitrogens is 2. The van der Waals surface area contributed by atoms with Gasteiger partial charge >= 0.3 is 0 Å². The molecule has 7 nitrogen and oxygen atoms in total. The summed E-state index contributed by atoms with van der Waals surface area (Å²) in [6, 6.07) is 13.6. The van der Waals surface area contributed by atoms with Gasteiger partial charge in [-0.1, -0.05) is 37.3 Å². The summed E-state index contributed by atoms with van der Waals surface area (Å²) in [6.45, 7) is 7.77. The number of fused-ring (bicyclic) bond motifs is 1. The lowest BCUT2D eigenvalue weighted by Gasteiger charge is -2.37. The molecule has 184 valence electrons. The van der Waals surface area contributed by atoms with Gasteiger partial charge in [0.15, 0.2) is 0 Å². The molecule has 0 fully saturated rings. The Kier molecular flexibility index (Phi) is 7.78. The van der Waals surface area contributed by atoms with E-state index in [1.54, 1.807) is 17.3 Å². The molecule has 4 rings (SSSR count). The summed E-state index contributed by atoms with van der Waals surface area (Å²) in [5.41, 5.74) is 4.56. The highest BCUT2D eigenvalue weighted by atomic mass is 16.5. The van der Waals surface area contributed by atoms with Crippen molar-refractivity contribution in [3.63, 3.8) is 0 Å². The normalized spacial score (nSPS) is 19.0. The average molecular weight is 475 g/mol. The molecule has 3 heterocycles. The van der Waals surface area contributed by atoms with Crippen LogP contribution in [0.15, 0.2) is 61.1 Å². The number of benzene rings is 1. The molecule has 0 unspecified atom stereocenters. The van der Waals surface area contributed by atoms with E-state index in [9.17, 15) is 9.90 Å². The van der Waals surface area contributed by atoms with Crippen molar-refractivity contribution in [2.75, 3.05) is 26.7 Å². The number of aryl methyl sites for hydroxylation is 1. The maximum absolute atomic E-state index is 13.7. The first-order valence-electron chi connectivity index (χ1n) is 12.1. The molecule has 0 aliphatic carbocycles. The number of aliphatic hydroxyl groups is 1. The molecule has 35 heavy (non-hydrogen) atoms. The highest BCUT2D eigenvalue weighted by molar-refractivity contribution is 5.98. The topological polar surface area (TPSA) is 78.8 Å². The Morgan fingerprint density at radius 2 is 2.00 bits per heavy atom. The van der Waals surface area contributed by atoms with E-state index in [2.05, 4.69) is 34.9 Å². The molecule has 1 aliphatic heterocycles. The fraction of sp³-hybridized carbons (Fsp3) is 0.393. The smallest absolute Gasteiger partial charge is 0.259 e. The zero-order chi connectivity index (χ0) is 24.9. The zero-order valence-electron chi connectivity index (χ0n) is 20.9. The Morgan fingerprint density at radius 3 is 2.71 bits per heavy atom. The summed E-state index contributed by atoms with van der Waals surface area (Å²) in [6.07, 6.45) is 5.22. The number of amides is 1. The second kappa shape index (κ2) is 11.0. The van der Waals surface area contributed by atoms with Gasteiger partial charge in [-0.3, -0.25) is 14.7 Å². The minimum absolute atomic E-state index is 0.0373. The third-order valence-corrected chi connectivity index (χ3v) is 6.64. The number of nitrogens with zero attached hydrogens (tertiary/aromatic N) is 4. The van der Waals surface area contributed by atoms with E-state index in [1.165, 1.54) is 0 Å². The summed E-state index contributed by atoms with van der Waals surface area (Å²) in [5.74, 6) is 0.211. The molecule has 0 saturated heterocycles. The predicted molar refractivity (Wildman–Crippen MR) is 136 cm³/mol. The standard InChI is InChI=1S/C28H34N4O3/c1-19-8-5-6-10-24(19)23-12-25-27(30-14-23)35-26(17-31(4)16-22-9-7-11-29-13-22)20(2)15-32(28(25)34)21(3)18-33/h5-14,20-21,26,33H,15-18H2,1-4H3/t20-,21-,26+/m1/s1. The molecule has 3 aromatic rings. The predicted octanol–water partition coefficient (Wildman–Crippen LogP) is 3.80. The highest BCUT2D eigenvalue weighted by Gasteiger charge is 2.34. The van der Waals surface area contributed by atoms with Crippen molar-refractivity contribution in [3.8, 4) is 17.0 Å². The van der Waals surface area contributed by atoms with Gasteiger partial charge in [0.2, 0.25) is 5.88 Å². The van der Waals surface area contributed by atoms with Crippen LogP contribution in [0.1, 0.15) is 35.3 Å². The Labute approximate surface area is 207 Å². The van der Waals surface area contributed by atoms with Gasteiger partial charge < -0.3 is 14.7 Å². The van der Waals surface area contributed by atoms with E-state index < -0.39 is 0 Å². The fourth-order valence-corrected chi connectivity index (χ4v) is 4.54. The number of likely N-dealkylation sites (N-methyl/N-ethyl adjacent to an activating group) is 1. The SMILES string of the molecule is Cc1ccccc1-c1cnc2c(c1)C(=O)N([C@H](C)CO)C[C@@H](C)[C@H](CN(C)Cc1cccnc1)O2. The van der Waals surface area contributed by atoms with Crippen molar-refractivity contribution >= 4 is 5.91 Å². The monoisotopic (exact) mass is 474 g/mol. The van der Waals surface area contributed by atoms with Crippen molar-refractivity contribution in [3.05, 3.63) is 77.7 Å². The number of hydrogen-bond donors (Lipinski definition) is 1. The molecule has 0 saturated carbocycles. The summed E-state index contributed by atoms with van der Waals surface area (Å²) >= 11 is 0. The van der Waals surface area contributed by atoms with Crippen LogP contribution in [0.2, 0.25) is 0 Å². The summed E-state index contributed by atoms with van der Waals surface area (Å²) < 4.78 is 6.43. The number of hydrogen-bond acceptors (Lipinski definition) is 6. The second-order valence-corrected chi connectivity index (χ2v) is 9.57. The summed E-state index contributed by atoms with van der Waals surface area (Å²) in [7, 11) is 2.05. The van der Waals surface area contributed by atoms with Gasteiger partial charge in [-0.05, 0) is 49.7 Å². The molecule has 2 aromatic heterocycles. The third kappa shape index (κ3) is 5.69. The number of aliphatic hydroxyl groups excluding tert-OH is 1. The maximum atomic E-state index is 13.7. The number of pyridine rings is 2. The van der Waals surface area contributed by atoms with Crippen LogP contribution in [0.4, 0.5) is 0 Å². The molecule has 7 heteroatoms. The van der Waals surface area contributed by atoms with Gasteiger partial charge in [-0.25, -0.2) is 4.98 Å². The van der Waals surface area contributed by atoms with E-state index >= 15 is 0 Å². The molecular weight excluding hydrogens is 440 g/mol. The minimum atomic E-state index is -0.313. The van der Waals surface area contributed by atoms with E-state index in [0.717, 1.165) is 28.8 Å². The summed E-state index contributed by atoms with van der Waals surface area (Å²) in [4.78, 5) is 26.4. The first kappa shape index (κ1) is 24.8. The van der Waals surface area contributed by atoms with Crippen molar-refractivity contribution in [1.82, 2.24) is 19.8 Å². The molecule has 1 aliphatic rings. The average Bonchev–Trinajstić information content (AvgIpc) is 2.86. The molecule has 1 aromatic carbocycles. The Balaban J connectivity index is 1.67. The van der Waals surface area contributed by atoms with E-state index in [-0.39, 0.29) is 30.6 Å². The summed E-state index contributed by atoms with van der Waals surface area (Å²) in [5, 5.41) is 9.89. The minimum Gasteiger partial charge on any atom is -0.472 e. The zero-order valence-corrected chi connectivity index (χ0v) is 20.9. The van der Waals surface area contributed by atoms with Crippen LogP contribution >= 0.6 is 0 Å². The largest absolute Gasteiger partial charge is 0.472 e. The van der Waals surface area contributed by atoms with Crippen LogP contribution in [-0.2, 0) is 6.54 Å². The van der Waals surface area contributed by atoms with Crippen molar-refractivity contribution < 1.29 is 14.6 Å². The first-order valence-corrected chi connectivity index (χ1v) is 12.1. The van der Waals surface area contributed by atoms with E-state index in [0.29, 0.717) is 24.5 Å². The number of rotatable bonds is 7. The van der Waals surface area contributed by atoms with Crippen LogP contribution < -0.4 is 4.74 Å². The van der Waals surface area contributed by atoms with Crippen molar-refractivity contribution in [2.45, 2.75) is 39.5 Å². The fourth-order valence-electron chi connectivity index (χ4n) is 4.54. The molecule has 3 atom stereocenters. The van der Waals surface area contributed by atoms with E-state index in [1.807, 2.05) is 56.4 Å². The van der Waals surface area contributed by atoms with Gasteiger partial charge in [0.1, 0.15) is 11.7 Å². The van der Waals surface area contributed by atoms with Gasteiger partial charge in [-0.2, -0.15) is 0 Å². The Bertz CT molecular complexity index is 1150. The van der Waals surface area contributed by atoms with Gasteiger partial charge in [-0.15, -0.1) is 0 Å². The van der Waals surface area contributed by atoms with Gasteiger partial charge in [0, 0.05) is 49.7 Å². The lowest BCUT2D eigenvalue weighted by atomic mass is 9.98. The molecular formula is C28H34N4O3. The van der Waals surface area contributed by atoms with Gasteiger partial charge in [0.25, 0.3) is 5.91 Å². The lowest BCUT2D eigenvalue weighted by molar-refractivity contribution is 0.0325. The molecule has 1 amide bonds. The van der Waals surface area contributed by atoms with Gasteiger partial charge in [0.05, 0.1) is 12.6 Å². The van der Waals surface area contributed by atoms with Crippen LogP contribution in [-0.4, -0.2) is 69.7 Å². The first-order chi connectivity index (χ1) is 16.9. The Morgan fingerprint density at radius 1 is 1.20 bits per heavy atom. The van der Waals surface area contributed by atoms with Crippen LogP contribution in [0.3, 0.4) is 0 Å². The maximum Gasteiger partial charge on any atom is 0.259 e. The van der Waals surface area contributed by atoms with E-state index in [4.69, 9.17) is 4.74 Å². The Hall–Kier alpha value is -3.29. The van der Waals surface area contributed by atoms with Crippen molar-refractivity contribution in [2.24, 2.45) is 5.92 Å². The molecule has 1 N–H and O–H groups in total. The number of carbonyl (C=O) groups is 1. The molecule has 0 spiro atoms. The third-order valence-electron chi connectivity index (χ3n) is 6.64. The van der Waals surface area contributed by atoms with Crippen molar-refractivity contribution in [1.29, 1.82) is 0 Å². The quantitative estimate of drug-likeness (QED) is 0.561. The van der Waals surface area contributed by atoms with Crippen LogP contribution in [0, 0.1) is 12.8 Å². The lowest BCUT2D eigenvalue weighted by Crippen LogP contribution is -2.49. The molecule has 0 radical (unpaired) electrons. The number of ether oxygens (including phenoxy) is 1. The van der Waals surface area contributed by atoms with Crippen LogP contribution in [0.25, 0.3) is 11.1 Å². The highest BCUT2D eigenvalue weighted by Crippen LogP contribution is 2.31.